The smallest absolute Gasteiger partial charge is 0.398 e. The maximum Gasteiger partial charge on any atom is 0.406 e. The summed E-state index contributed by atoms with van der Waals surface area (Å²) in [6.07, 6.45) is -4.33. The molecule has 0 fully saturated rings. The molecule has 2 aromatic carbocycles. The number of aromatic nitrogens is 2. The fourth-order valence-corrected chi connectivity index (χ4v) is 2.32. The van der Waals surface area contributed by atoms with Crippen LogP contribution in [0, 0.1) is 0 Å². The molecule has 0 saturated heterocycles. The Bertz CT molecular complexity index is 790. The predicted octanol–water partition coefficient (Wildman–Crippen LogP) is 3.85. The van der Waals surface area contributed by atoms with E-state index < -0.39 is 12.7 Å². The highest BCUT2D eigenvalue weighted by atomic mass is 19.4. The molecule has 3 aromatic rings. The number of hydrogen-bond donors (Lipinski definition) is 1. The minimum absolute atomic E-state index is 0.228. The van der Waals surface area contributed by atoms with E-state index in [0.29, 0.717) is 22.3 Å². The van der Waals surface area contributed by atoms with Gasteiger partial charge in [0.1, 0.15) is 12.4 Å². The lowest BCUT2D eigenvalue weighted by Crippen LogP contribution is -2.18. The van der Waals surface area contributed by atoms with Crippen molar-refractivity contribution in [2.45, 2.75) is 12.7 Å². The van der Waals surface area contributed by atoms with Crippen LogP contribution in [-0.4, -0.2) is 15.7 Å². The van der Waals surface area contributed by atoms with Crippen LogP contribution in [-0.2, 0) is 6.54 Å². The molecule has 1 heterocycles. The van der Waals surface area contributed by atoms with Gasteiger partial charge in [-0.2, -0.15) is 13.2 Å². The molecule has 0 amide bonds. The first kappa shape index (κ1) is 13.5. The maximum atomic E-state index is 12.9. The Balaban J connectivity index is 2.27. The van der Waals surface area contributed by atoms with Gasteiger partial charge in [0, 0.05) is 11.3 Å². The summed E-state index contributed by atoms with van der Waals surface area (Å²) in [6, 6.07) is 13.5. The number of nitrogen functional groups attached to an aromatic ring is 1. The zero-order valence-electron chi connectivity index (χ0n) is 10.9. The van der Waals surface area contributed by atoms with Crippen LogP contribution in [0.4, 0.5) is 18.9 Å². The lowest BCUT2D eigenvalue weighted by atomic mass is 10.1. The molecular weight excluding hydrogens is 279 g/mol. The molecule has 0 radical (unpaired) electrons. The van der Waals surface area contributed by atoms with Crippen molar-refractivity contribution in [3.05, 3.63) is 48.5 Å². The third-order valence-corrected chi connectivity index (χ3v) is 3.19. The molecule has 0 unspecified atom stereocenters. The molecule has 6 heteroatoms. The number of fused-ring (bicyclic) bond motifs is 1. The second-order valence-electron chi connectivity index (χ2n) is 4.71. The Kier molecular flexibility index (Phi) is 3.08. The Morgan fingerprint density at radius 1 is 1.00 bits per heavy atom. The Labute approximate surface area is 118 Å². The monoisotopic (exact) mass is 291 g/mol. The van der Waals surface area contributed by atoms with Crippen LogP contribution in [0.25, 0.3) is 22.4 Å². The van der Waals surface area contributed by atoms with E-state index >= 15 is 0 Å². The topological polar surface area (TPSA) is 43.8 Å². The number of nitrogens with two attached hydrogens (primary N) is 1. The van der Waals surface area contributed by atoms with Gasteiger partial charge < -0.3 is 10.3 Å². The second-order valence-corrected chi connectivity index (χ2v) is 4.71. The van der Waals surface area contributed by atoms with Gasteiger partial charge in [0.05, 0.1) is 11.0 Å². The van der Waals surface area contributed by atoms with E-state index in [9.17, 15) is 13.2 Å². The number of halogens is 3. The van der Waals surface area contributed by atoms with Crippen molar-refractivity contribution in [2.75, 3.05) is 5.73 Å². The Hall–Kier alpha value is -2.50. The Morgan fingerprint density at radius 3 is 2.38 bits per heavy atom. The van der Waals surface area contributed by atoms with Gasteiger partial charge in [-0.3, -0.25) is 0 Å². The summed E-state index contributed by atoms with van der Waals surface area (Å²) in [5.41, 5.74) is 7.72. The summed E-state index contributed by atoms with van der Waals surface area (Å²) in [5.74, 6) is 0.228. The average Bonchev–Trinajstić information content (AvgIpc) is 2.76. The molecule has 108 valence electrons. The van der Waals surface area contributed by atoms with Crippen molar-refractivity contribution in [2.24, 2.45) is 0 Å². The van der Waals surface area contributed by atoms with Crippen molar-refractivity contribution >= 4 is 16.7 Å². The summed E-state index contributed by atoms with van der Waals surface area (Å²) in [7, 11) is 0. The molecule has 0 aliphatic carbocycles. The van der Waals surface area contributed by atoms with Crippen LogP contribution < -0.4 is 5.73 Å². The zero-order valence-corrected chi connectivity index (χ0v) is 10.9. The number of imidazole rings is 1. The van der Waals surface area contributed by atoms with Crippen LogP contribution in [0.1, 0.15) is 0 Å². The maximum absolute atomic E-state index is 12.9. The molecule has 0 saturated carbocycles. The highest BCUT2D eigenvalue weighted by Crippen LogP contribution is 2.31. The molecule has 0 spiro atoms. The van der Waals surface area contributed by atoms with Gasteiger partial charge in [-0.1, -0.05) is 24.3 Å². The van der Waals surface area contributed by atoms with E-state index in [2.05, 4.69) is 4.98 Å². The van der Waals surface area contributed by atoms with Crippen molar-refractivity contribution in [1.82, 2.24) is 9.55 Å². The molecule has 3 nitrogen and oxygen atoms in total. The highest BCUT2D eigenvalue weighted by Gasteiger charge is 2.30. The van der Waals surface area contributed by atoms with E-state index in [1.165, 1.54) is 0 Å². The van der Waals surface area contributed by atoms with E-state index in [1.54, 1.807) is 48.5 Å². The summed E-state index contributed by atoms with van der Waals surface area (Å²) in [6.45, 7) is -1.10. The first-order valence-corrected chi connectivity index (χ1v) is 6.32. The number of para-hydroxylation sites is 3. The van der Waals surface area contributed by atoms with Crippen LogP contribution >= 0.6 is 0 Å². The number of rotatable bonds is 2. The highest BCUT2D eigenvalue weighted by molar-refractivity contribution is 5.83. The first-order chi connectivity index (χ1) is 9.96. The van der Waals surface area contributed by atoms with Gasteiger partial charge in [0.25, 0.3) is 0 Å². The largest absolute Gasteiger partial charge is 0.406 e. The van der Waals surface area contributed by atoms with Crippen molar-refractivity contribution in [1.29, 1.82) is 0 Å². The minimum atomic E-state index is -4.33. The predicted molar refractivity (Wildman–Crippen MR) is 75.6 cm³/mol. The molecule has 0 aliphatic heterocycles. The molecule has 21 heavy (non-hydrogen) atoms. The summed E-state index contributed by atoms with van der Waals surface area (Å²) in [4.78, 5) is 4.31. The fourth-order valence-electron chi connectivity index (χ4n) is 2.32. The normalized spacial score (nSPS) is 12.0. The SMILES string of the molecule is Nc1ccccc1-c1nc2ccccc2n1CC(F)(F)F. The molecular formula is C15H12F3N3. The lowest BCUT2D eigenvalue weighted by Gasteiger charge is -2.13. The summed E-state index contributed by atoms with van der Waals surface area (Å²) >= 11 is 0. The van der Waals surface area contributed by atoms with Crippen molar-refractivity contribution in [3.8, 4) is 11.4 Å². The van der Waals surface area contributed by atoms with E-state index in [1.807, 2.05) is 0 Å². The lowest BCUT2D eigenvalue weighted by molar-refractivity contribution is -0.139. The first-order valence-electron chi connectivity index (χ1n) is 6.32. The third kappa shape index (κ3) is 2.56. The van der Waals surface area contributed by atoms with E-state index in [4.69, 9.17) is 5.73 Å². The van der Waals surface area contributed by atoms with Crippen molar-refractivity contribution < 1.29 is 13.2 Å². The number of anilines is 1. The van der Waals surface area contributed by atoms with E-state index in [-0.39, 0.29) is 5.82 Å². The number of nitrogens with zero attached hydrogens (tertiary/aromatic N) is 2. The van der Waals surface area contributed by atoms with Gasteiger partial charge in [-0.15, -0.1) is 0 Å². The van der Waals surface area contributed by atoms with Gasteiger partial charge >= 0.3 is 6.18 Å². The number of benzene rings is 2. The quantitative estimate of drug-likeness (QED) is 0.729. The van der Waals surface area contributed by atoms with Gasteiger partial charge in [0.15, 0.2) is 0 Å². The molecule has 0 atom stereocenters. The molecule has 0 bridgehead atoms. The second kappa shape index (κ2) is 4.80. The number of alkyl halides is 3. The molecule has 1 aromatic heterocycles. The van der Waals surface area contributed by atoms with Gasteiger partial charge in [-0.25, -0.2) is 4.98 Å². The standard InChI is InChI=1S/C15H12F3N3/c16-15(17,18)9-21-13-8-4-3-7-12(13)20-14(21)10-5-1-2-6-11(10)19/h1-8H,9,19H2. The molecule has 2 N–H and O–H groups in total. The summed E-state index contributed by atoms with van der Waals surface area (Å²) in [5, 5.41) is 0. The van der Waals surface area contributed by atoms with E-state index in [0.717, 1.165) is 4.57 Å². The minimum Gasteiger partial charge on any atom is -0.398 e. The van der Waals surface area contributed by atoms with Crippen LogP contribution in [0.2, 0.25) is 0 Å². The fraction of sp³-hybridized carbons (Fsp3) is 0.133. The van der Waals surface area contributed by atoms with Crippen molar-refractivity contribution in [3.63, 3.8) is 0 Å². The molecule has 0 aliphatic rings. The average molecular weight is 291 g/mol. The van der Waals surface area contributed by atoms with Gasteiger partial charge in [0.2, 0.25) is 0 Å². The summed E-state index contributed by atoms with van der Waals surface area (Å²) < 4.78 is 39.7. The third-order valence-electron chi connectivity index (χ3n) is 3.19. The van der Waals surface area contributed by atoms with Crippen LogP contribution in [0.15, 0.2) is 48.5 Å². The van der Waals surface area contributed by atoms with Crippen LogP contribution in [0.3, 0.4) is 0 Å². The van der Waals surface area contributed by atoms with Gasteiger partial charge in [-0.05, 0) is 24.3 Å². The van der Waals surface area contributed by atoms with Crippen LogP contribution in [0.5, 0.6) is 0 Å². The number of hydrogen-bond acceptors (Lipinski definition) is 2. The molecule has 3 rings (SSSR count). The zero-order chi connectivity index (χ0) is 15.0. The Morgan fingerprint density at radius 2 is 1.67 bits per heavy atom.